The topological polar surface area (TPSA) is 79.4 Å². The van der Waals surface area contributed by atoms with Crippen LogP contribution in [-0.4, -0.2) is 22.7 Å². The molecule has 1 fully saturated rings. The van der Waals surface area contributed by atoms with Gasteiger partial charge in [-0.05, 0) is 30.3 Å². The highest BCUT2D eigenvalue weighted by atomic mass is 16.2. The van der Waals surface area contributed by atoms with Crippen LogP contribution in [0.1, 0.15) is 23.2 Å². The molecule has 0 unspecified atom stereocenters. The minimum Gasteiger partial charge on any atom is -0.307 e. The largest absolute Gasteiger partial charge is 0.307 e. The summed E-state index contributed by atoms with van der Waals surface area (Å²) in [5.74, 6) is -0.398. The number of hydrogen-bond acceptors (Lipinski definition) is 4. The number of carbonyl (C=O) groups is 3. The van der Waals surface area contributed by atoms with Crippen molar-refractivity contribution in [2.75, 3.05) is 10.2 Å². The van der Waals surface area contributed by atoms with Crippen molar-refractivity contribution in [1.29, 1.82) is 0 Å². The van der Waals surface area contributed by atoms with Gasteiger partial charge in [-0.3, -0.25) is 19.3 Å². The first kappa shape index (κ1) is 13.9. The molecule has 1 aliphatic heterocycles. The van der Waals surface area contributed by atoms with Gasteiger partial charge < -0.3 is 5.32 Å². The van der Waals surface area contributed by atoms with Crippen LogP contribution in [0.3, 0.4) is 0 Å². The highest BCUT2D eigenvalue weighted by Gasteiger charge is 2.30. The predicted molar refractivity (Wildman–Crippen MR) is 80.4 cm³/mol. The maximum atomic E-state index is 12.2. The molecule has 0 atom stereocenters. The number of nitrogens with zero attached hydrogens (tertiary/aromatic N) is 2. The van der Waals surface area contributed by atoms with Crippen LogP contribution in [0, 0.1) is 0 Å². The summed E-state index contributed by atoms with van der Waals surface area (Å²) in [6.07, 6.45) is 2.00. The van der Waals surface area contributed by atoms with Gasteiger partial charge in [0.05, 0.1) is 5.69 Å². The second-order valence-electron chi connectivity index (χ2n) is 4.84. The van der Waals surface area contributed by atoms with E-state index in [0.29, 0.717) is 17.1 Å². The van der Waals surface area contributed by atoms with Crippen LogP contribution in [0.2, 0.25) is 0 Å². The van der Waals surface area contributed by atoms with Gasteiger partial charge in [-0.1, -0.05) is 12.1 Å². The molecule has 0 bridgehead atoms. The van der Waals surface area contributed by atoms with Gasteiger partial charge in [-0.25, -0.2) is 4.98 Å². The van der Waals surface area contributed by atoms with Gasteiger partial charge in [0, 0.05) is 24.6 Å². The number of nitrogens with one attached hydrogen (secondary N) is 1. The van der Waals surface area contributed by atoms with E-state index in [2.05, 4.69) is 10.3 Å². The Kier molecular flexibility index (Phi) is 3.65. The van der Waals surface area contributed by atoms with E-state index in [0.717, 1.165) is 4.90 Å². The summed E-state index contributed by atoms with van der Waals surface area (Å²) in [7, 11) is 0. The molecular weight excluding hydrogens is 282 g/mol. The molecule has 6 nitrogen and oxygen atoms in total. The quantitative estimate of drug-likeness (QED) is 0.878. The standard InChI is InChI=1S/C16H13N3O3/c20-14-7-8-15(21)19(14)12-5-3-4-11(10-12)16(22)18-13-6-1-2-9-17-13/h1-6,9-10H,7-8H2,(H,17,18,22). The van der Waals surface area contributed by atoms with Gasteiger partial charge in [0.2, 0.25) is 11.8 Å². The van der Waals surface area contributed by atoms with Crippen molar-refractivity contribution >= 4 is 29.2 Å². The zero-order valence-corrected chi connectivity index (χ0v) is 11.7. The highest BCUT2D eigenvalue weighted by molar-refractivity contribution is 6.20. The van der Waals surface area contributed by atoms with E-state index in [1.807, 2.05) is 0 Å². The van der Waals surface area contributed by atoms with Crippen molar-refractivity contribution in [3.8, 4) is 0 Å². The average Bonchev–Trinajstić information content (AvgIpc) is 2.87. The molecule has 1 N–H and O–H groups in total. The Hall–Kier alpha value is -3.02. The summed E-state index contributed by atoms with van der Waals surface area (Å²) < 4.78 is 0. The summed E-state index contributed by atoms with van der Waals surface area (Å²) in [6.45, 7) is 0. The van der Waals surface area contributed by atoms with Crippen LogP contribution < -0.4 is 10.2 Å². The van der Waals surface area contributed by atoms with E-state index in [-0.39, 0.29) is 30.6 Å². The van der Waals surface area contributed by atoms with E-state index in [1.54, 1.807) is 42.6 Å². The number of rotatable bonds is 3. The first-order valence-corrected chi connectivity index (χ1v) is 6.83. The monoisotopic (exact) mass is 295 g/mol. The number of imide groups is 1. The lowest BCUT2D eigenvalue weighted by molar-refractivity contribution is -0.121. The van der Waals surface area contributed by atoms with E-state index < -0.39 is 0 Å². The zero-order valence-electron chi connectivity index (χ0n) is 11.7. The van der Waals surface area contributed by atoms with Crippen molar-refractivity contribution in [1.82, 2.24) is 4.98 Å². The molecule has 2 aromatic rings. The molecule has 2 heterocycles. The fourth-order valence-electron chi connectivity index (χ4n) is 2.28. The van der Waals surface area contributed by atoms with Crippen LogP contribution in [0.15, 0.2) is 48.7 Å². The summed E-state index contributed by atoms with van der Waals surface area (Å²) in [5, 5.41) is 2.66. The molecule has 1 saturated heterocycles. The normalized spacial score (nSPS) is 14.3. The highest BCUT2D eigenvalue weighted by Crippen LogP contribution is 2.23. The Morgan fingerprint density at radius 1 is 1.05 bits per heavy atom. The van der Waals surface area contributed by atoms with Crippen molar-refractivity contribution in [3.63, 3.8) is 0 Å². The van der Waals surface area contributed by atoms with Crippen LogP contribution >= 0.6 is 0 Å². The third-order valence-corrected chi connectivity index (χ3v) is 3.32. The third-order valence-electron chi connectivity index (χ3n) is 3.32. The fourth-order valence-corrected chi connectivity index (χ4v) is 2.28. The maximum absolute atomic E-state index is 12.2. The Balaban J connectivity index is 1.83. The molecule has 0 aliphatic carbocycles. The molecule has 1 aliphatic rings. The lowest BCUT2D eigenvalue weighted by atomic mass is 10.1. The summed E-state index contributed by atoms with van der Waals surface area (Å²) in [4.78, 5) is 40.8. The molecule has 0 spiro atoms. The van der Waals surface area contributed by atoms with E-state index in [1.165, 1.54) is 6.07 Å². The summed E-state index contributed by atoms with van der Waals surface area (Å²) in [5.41, 5.74) is 0.775. The molecular formula is C16H13N3O3. The Labute approximate surface area is 126 Å². The molecule has 3 rings (SSSR count). The number of aromatic nitrogens is 1. The Morgan fingerprint density at radius 2 is 1.82 bits per heavy atom. The Morgan fingerprint density at radius 3 is 2.50 bits per heavy atom. The van der Waals surface area contributed by atoms with Gasteiger partial charge in [0.15, 0.2) is 0 Å². The number of carbonyl (C=O) groups excluding carboxylic acids is 3. The van der Waals surface area contributed by atoms with Crippen molar-refractivity contribution < 1.29 is 14.4 Å². The van der Waals surface area contributed by atoms with E-state index in [9.17, 15) is 14.4 Å². The molecule has 3 amide bonds. The van der Waals surface area contributed by atoms with Gasteiger partial charge in [0.1, 0.15) is 5.82 Å². The average molecular weight is 295 g/mol. The second kappa shape index (κ2) is 5.77. The van der Waals surface area contributed by atoms with Gasteiger partial charge >= 0.3 is 0 Å². The molecule has 1 aromatic carbocycles. The lowest BCUT2D eigenvalue weighted by Gasteiger charge is -2.14. The number of hydrogen-bond donors (Lipinski definition) is 1. The second-order valence-corrected chi connectivity index (χ2v) is 4.84. The molecule has 110 valence electrons. The smallest absolute Gasteiger partial charge is 0.256 e. The first-order chi connectivity index (χ1) is 10.6. The minimum absolute atomic E-state index is 0.212. The van der Waals surface area contributed by atoms with Gasteiger partial charge in [-0.2, -0.15) is 0 Å². The number of benzene rings is 1. The lowest BCUT2D eigenvalue weighted by Crippen LogP contribution is -2.28. The molecule has 6 heteroatoms. The maximum Gasteiger partial charge on any atom is 0.256 e. The number of amides is 3. The third kappa shape index (κ3) is 2.71. The van der Waals surface area contributed by atoms with Crippen molar-refractivity contribution in [2.45, 2.75) is 12.8 Å². The van der Waals surface area contributed by atoms with Crippen molar-refractivity contribution in [2.24, 2.45) is 0 Å². The molecule has 22 heavy (non-hydrogen) atoms. The van der Waals surface area contributed by atoms with Crippen LogP contribution in [0.4, 0.5) is 11.5 Å². The van der Waals surface area contributed by atoms with E-state index >= 15 is 0 Å². The van der Waals surface area contributed by atoms with Crippen LogP contribution in [0.25, 0.3) is 0 Å². The first-order valence-electron chi connectivity index (χ1n) is 6.83. The SMILES string of the molecule is O=C(Nc1ccccn1)c1cccc(N2C(=O)CCC2=O)c1. The Bertz CT molecular complexity index is 727. The molecule has 0 saturated carbocycles. The molecule has 0 radical (unpaired) electrons. The summed E-state index contributed by atoms with van der Waals surface area (Å²) >= 11 is 0. The fraction of sp³-hybridized carbons (Fsp3) is 0.125. The van der Waals surface area contributed by atoms with Crippen LogP contribution in [-0.2, 0) is 9.59 Å². The summed E-state index contributed by atoms with van der Waals surface area (Å²) in [6, 6.07) is 11.6. The van der Waals surface area contributed by atoms with Gasteiger partial charge in [0.25, 0.3) is 5.91 Å². The number of anilines is 2. The van der Waals surface area contributed by atoms with E-state index in [4.69, 9.17) is 0 Å². The van der Waals surface area contributed by atoms with Crippen molar-refractivity contribution in [3.05, 3.63) is 54.2 Å². The van der Waals surface area contributed by atoms with Gasteiger partial charge in [-0.15, -0.1) is 0 Å². The van der Waals surface area contributed by atoms with Crippen LogP contribution in [0.5, 0.6) is 0 Å². The number of pyridine rings is 1. The predicted octanol–water partition coefficient (Wildman–Crippen LogP) is 1.99. The molecule has 1 aromatic heterocycles. The zero-order chi connectivity index (χ0) is 15.5. The minimum atomic E-state index is -0.348.